The van der Waals surface area contributed by atoms with Crippen molar-refractivity contribution in [1.82, 2.24) is 0 Å². The van der Waals surface area contributed by atoms with Crippen molar-refractivity contribution >= 4 is 17.7 Å². The second-order valence-corrected chi connectivity index (χ2v) is 5.63. The molecule has 2 N–H and O–H groups in total. The maximum Gasteiger partial charge on any atom is 0.323 e. The average Bonchev–Trinajstić information content (AvgIpc) is 1.99. The Morgan fingerprint density at radius 3 is 2.46 bits per heavy atom. The SMILES string of the molecule is CCOC(=O)[C@@H](N)CSC(C)(C)C. The smallest absolute Gasteiger partial charge is 0.323 e. The topological polar surface area (TPSA) is 52.3 Å². The van der Waals surface area contributed by atoms with Crippen LogP contribution in [0.3, 0.4) is 0 Å². The molecule has 4 heteroatoms. The Balaban J connectivity index is 3.74. The Hall–Kier alpha value is -0.220. The molecule has 0 radical (unpaired) electrons. The molecule has 0 spiro atoms. The zero-order valence-electron chi connectivity index (χ0n) is 8.79. The van der Waals surface area contributed by atoms with Crippen LogP contribution < -0.4 is 5.73 Å². The van der Waals surface area contributed by atoms with Gasteiger partial charge in [0.05, 0.1) is 6.61 Å². The highest BCUT2D eigenvalue weighted by Gasteiger charge is 2.18. The maximum absolute atomic E-state index is 11.1. The highest BCUT2D eigenvalue weighted by Crippen LogP contribution is 2.23. The summed E-state index contributed by atoms with van der Waals surface area (Å²) in [6, 6.07) is -0.496. The molecule has 0 saturated heterocycles. The molecule has 0 saturated carbocycles. The van der Waals surface area contributed by atoms with E-state index in [1.54, 1.807) is 18.7 Å². The van der Waals surface area contributed by atoms with E-state index >= 15 is 0 Å². The van der Waals surface area contributed by atoms with Crippen LogP contribution in [0.1, 0.15) is 27.7 Å². The Kier molecular flexibility index (Phi) is 5.40. The molecule has 0 aliphatic rings. The van der Waals surface area contributed by atoms with Crippen LogP contribution in [-0.4, -0.2) is 29.1 Å². The molecule has 1 atom stereocenters. The predicted molar refractivity (Wildman–Crippen MR) is 56.8 cm³/mol. The fourth-order valence-corrected chi connectivity index (χ4v) is 1.47. The van der Waals surface area contributed by atoms with Gasteiger partial charge < -0.3 is 10.5 Å². The van der Waals surface area contributed by atoms with Gasteiger partial charge in [-0.15, -0.1) is 0 Å². The lowest BCUT2D eigenvalue weighted by molar-refractivity contribution is -0.144. The summed E-state index contributed by atoms with van der Waals surface area (Å²) in [5.74, 6) is 0.307. The first kappa shape index (κ1) is 12.8. The number of thioether (sulfide) groups is 1. The Morgan fingerprint density at radius 1 is 1.54 bits per heavy atom. The summed E-state index contributed by atoms with van der Waals surface area (Å²) in [5, 5.41) is 0. The van der Waals surface area contributed by atoms with Crippen LogP contribution in [0.5, 0.6) is 0 Å². The van der Waals surface area contributed by atoms with Crippen LogP contribution in [0.2, 0.25) is 0 Å². The standard InChI is InChI=1S/C9H19NO2S/c1-5-12-8(11)7(10)6-13-9(2,3)4/h7H,5-6,10H2,1-4H3/t7-/m0/s1. The number of nitrogens with two attached hydrogens (primary N) is 1. The molecule has 0 unspecified atom stereocenters. The van der Waals surface area contributed by atoms with E-state index in [1.807, 2.05) is 0 Å². The fourth-order valence-electron chi connectivity index (χ4n) is 0.657. The van der Waals surface area contributed by atoms with E-state index in [-0.39, 0.29) is 10.7 Å². The van der Waals surface area contributed by atoms with E-state index in [9.17, 15) is 4.79 Å². The van der Waals surface area contributed by atoms with Crippen LogP contribution in [0.4, 0.5) is 0 Å². The van der Waals surface area contributed by atoms with E-state index in [4.69, 9.17) is 10.5 Å². The van der Waals surface area contributed by atoms with Gasteiger partial charge in [-0.1, -0.05) is 20.8 Å². The number of hydrogen-bond donors (Lipinski definition) is 1. The summed E-state index contributed by atoms with van der Waals surface area (Å²) < 4.78 is 4.93. The van der Waals surface area contributed by atoms with Gasteiger partial charge in [0.2, 0.25) is 0 Å². The van der Waals surface area contributed by atoms with Crippen molar-refractivity contribution in [2.45, 2.75) is 38.5 Å². The molecule has 0 aliphatic heterocycles. The Labute approximate surface area is 84.4 Å². The summed E-state index contributed by atoms with van der Waals surface area (Å²) in [7, 11) is 0. The summed E-state index contributed by atoms with van der Waals surface area (Å²) >= 11 is 1.67. The maximum atomic E-state index is 11.1. The highest BCUT2D eigenvalue weighted by molar-refractivity contribution is 8.00. The molecular weight excluding hydrogens is 186 g/mol. The van der Waals surface area contributed by atoms with Crippen LogP contribution in [0.15, 0.2) is 0 Å². The van der Waals surface area contributed by atoms with Crippen molar-refractivity contribution in [1.29, 1.82) is 0 Å². The molecule has 0 aromatic carbocycles. The van der Waals surface area contributed by atoms with E-state index in [0.717, 1.165) is 0 Å². The minimum atomic E-state index is -0.496. The molecule has 0 heterocycles. The van der Waals surface area contributed by atoms with Crippen molar-refractivity contribution in [2.24, 2.45) is 5.73 Å². The van der Waals surface area contributed by atoms with Crippen molar-refractivity contribution < 1.29 is 9.53 Å². The number of esters is 1. The molecule has 0 fully saturated rings. The molecule has 0 aromatic heterocycles. The lowest BCUT2D eigenvalue weighted by atomic mass is 10.3. The molecule has 0 bridgehead atoms. The molecule has 78 valence electrons. The Bertz CT molecular complexity index is 165. The van der Waals surface area contributed by atoms with Gasteiger partial charge in [-0.2, -0.15) is 11.8 Å². The van der Waals surface area contributed by atoms with Crippen LogP contribution >= 0.6 is 11.8 Å². The second kappa shape index (κ2) is 5.50. The number of carbonyl (C=O) groups is 1. The third kappa shape index (κ3) is 6.90. The number of rotatable bonds is 4. The zero-order valence-corrected chi connectivity index (χ0v) is 9.61. The summed E-state index contributed by atoms with van der Waals surface area (Å²) in [6.07, 6.45) is 0. The largest absolute Gasteiger partial charge is 0.465 e. The van der Waals surface area contributed by atoms with Gasteiger partial charge in [-0.3, -0.25) is 4.79 Å². The quantitative estimate of drug-likeness (QED) is 0.705. The van der Waals surface area contributed by atoms with Crippen molar-refractivity contribution in [3.63, 3.8) is 0 Å². The van der Waals surface area contributed by atoms with Crippen LogP contribution in [0.25, 0.3) is 0 Å². The predicted octanol–water partition coefficient (Wildman–Crippen LogP) is 1.41. The first-order chi connectivity index (χ1) is 5.87. The van der Waals surface area contributed by atoms with Crippen molar-refractivity contribution in [3.8, 4) is 0 Å². The third-order valence-corrected chi connectivity index (χ3v) is 2.68. The molecule has 0 aliphatic carbocycles. The molecular formula is C9H19NO2S. The van der Waals surface area contributed by atoms with Gasteiger partial charge in [-0.25, -0.2) is 0 Å². The monoisotopic (exact) mass is 205 g/mol. The van der Waals surface area contributed by atoms with Gasteiger partial charge >= 0.3 is 5.97 Å². The summed E-state index contributed by atoms with van der Waals surface area (Å²) in [4.78, 5) is 11.1. The zero-order chi connectivity index (χ0) is 10.5. The Morgan fingerprint density at radius 2 is 2.08 bits per heavy atom. The minimum absolute atomic E-state index is 0.143. The normalized spacial score (nSPS) is 13.9. The lowest BCUT2D eigenvalue weighted by Crippen LogP contribution is -2.35. The minimum Gasteiger partial charge on any atom is -0.465 e. The molecule has 0 amide bonds. The van der Waals surface area contributed by atoms with E-state index in [2.05, 4.69) is 20.8 Å². The average molecular weight is 205 g/mol. The van der Waals surface area contributed by atoms with E-state index in [0.29, 0.717) is 12.4 Å². The number of hydrogen-bond acceptors (Lipinski definition) is 4. The number of carbonyl (C=O) groups excluding carboxylic acids is 1. The molecule has 13 heavy (non-hydrogen) atoms. The van der Waals surface area contributed by atoms with Gasteiger partial charge in [0, 0.05) is 10.5 Å². The summed E-state index contributed by atoms with van der Waals surface area (Å²) in [6.45, 7) is 8.45. The first-order valence-corrected chi connectivity index (χ1v) is 5.41. The molecule has 0 rings (SSSR count). The van der Waals surface area contributed by atoms with Gasteiger partial charge in [0.1, 0.15) is 6.04 Å². The fraction of sp³-hybridized carbons (Fsp3) is 0.889. The van der Waals surface area contributed by atoms with E-state index < -0.39 is 6.04 Å². The van der Waals surface area contributed by atoms with Crippen molar-refractivity contribution in [3.05, 3.63) is 0 Å². The summed E-state index contributed by atoms with van der Waals surface area (Å²) in [5.41, 5.74) is 5.62. The third-order valence-electron chi connectivity index (χ3n) is 1.29. The van der Waals surface area contributed by atoms with Crippen molar-refractivity contribution in [2.75, 3.05) is 12.4 Å². The van der Waals surface area contributed by atoms with Gasteiger partial charge in [0.25, 0.3) is 0 Å². The van der Waals surface area contributed by atoms with E-state index in [1.165, 1.54) is 0 Å². The molecule has 3 nitrogen and oxygen atoms in total. The van der Waals surface area contributed by atoms with Crippen LogP contribution in [-0.2, 0) is 9.53 Å². The lowest BCUT2D eigenvalue weighted by Gasteiger charge is -2.19. The molecule has 0 aromatic rings. The highest BCUT2D eigenvalue weighted by atomic mass is 32.2. The van der Waals surface area contributed by atoms with Gasteiger partial charge in [0.15, 0.2) is 0 Å². The van der Waals surface area contributed by atoms with Crippen LogP contribution in [0, 0.1) is 0 Å². The second-order valence-electron chi connectivity index (χ2n) is 3.78. The number of ether oxygens (including phenoxy) is 1. The van der Waals surface area contributed by atoms with Gasteiger partial charge in [-0.05, 0) is 6.92 Å². The first-order valence-electron chi connectivity index (χ1n) is 4.43.